The van der Waals surface area contributed by atoms with E-state index in [0.717, 1.165) is 9.87 Å². The smallest absolute Gasteiger partial charge is 0.247 e. The lowest BCUT2D eigenvalue weighted by atomic mass is 10.1. The molecule has 0 saturated heterocycles. The molecule has 0 aromatic heterocycles. The Hall–Kier alpha value is -1.58. The van der Waals surface area contributed by atoms with Gasteiger partial charge in [0.15, 0.2) is 0 Å². The molecule has 0 heterocycles. The van der Waals surface area contributed by atoms with Crippen molar-refractivity contribution in [2.24, 2.45) is 0 Å². The van der Waals surface area contributed by atoms with E-state index in [1.54, 1.807) is 19.1 Å². The number of rotatable bonds is 4. The Morgan fingerprint density at radius 2 is 1.95 bits per heavy atom. The maximum absolute atomic E-state index is 12.5. The molecule has 0 aliphatic heterocycles. The number of benzene rings is 1. The van der Waals surface area contributed by atoms with Gasteiger partial charge in [0.2, 0.25) is 10.0 Å². The standard InChI is InChI=1S/C13H18N2O3S/c1-9-6-10(2)13(12(7-9)18-5)19(16,17)15(4)11(3)8-14/h6-7,11H,1-5H3/t11-/m1/s1. The summed E-state index contributed by atoms with van der Waals surface area (Å²) in [5.41, 5.74) is 1.53. The monoisotopic (exact) mass is 282 g/mol. The topological polar surface area (TPSA) is 70.4 Å². The average Bonchev–Trinajstić information content (AvgIpc) is 2.35. The summed E-state index contributed by atoms with van der Waals surface area (Å²) < 4.78 is 31.3. The number of nitriles is 1. The highest BCUT2D eigenvalue weighted by Crippen LogP contribution is 2.31. The van der Waals surface area contributed by atoms with Crippen LogP contribution in [0.2, 0.25) is 0 Å². The van der Waals surface area contributed by atoms with Crippen molar-refractivity contribution in [2.45, 2.75) is 31.7 Å². The van der Waals surface area contributed by atoms with Crippen molar-refractivity contribution in [2.75, 3.05) is 14.2 Å². The Balaban J connectivity index is 3.50. The van der Waals surface area contributed by atoms with E-state index in [1.807, 2.05) is 13.0 Å². The van der Waals surface area contributed by atoms with E-state index in [2.05, 4.69) is 0 Å². The van der Waals surface area contributed by atoms with Crippen molar-refractivity contribution in [3.05, 3.63) is 23.3 Å². The number of methoxy groups -OCH3 is 1. The molecular formula is C13H18N2O3S. The fourth-order valence-corrected chi connectivity index (χ4v) is 3.44. The predicted octanol–water partition coefficient (Wildman–Crippen LogP) is 1.84. The predicted molar refractivity (Wildman–Crippen MR) is 72.5 cm³/mol. The number of ether oxygens (including phenoxy) is 1. The lowest BCUT2D eigenvalue weighted by Crippen LogP contribution is -2.34. The molecular weight excluding hydrogens is 264 g/mol. The van der Waals surface area contributed by atoms with Gasteiger partial charge in [0.1, 0.15) is 16.7 Å². The number of hydrogen-bond acceptors (Lipinski definition) is 4. The Morgan fingerprint density at radius 3 is 2.42 bits per heavy atom. The molecule has 1 rings (SSSR count). The van der Waals surface area contributed by atoms with Crippen molar-refractivity contribution in [1.82, 2.24) is 4.31 Å². The second-order valence-electron chi connectivity index (χ2n) is 4.44. The van der Waals surface area contributed by atoms with Gasteiger partial charge in [0.25, 0.3) is 0 Å². The van der Waals surface area contributed by atoms with Gasteiger partial charge in [-0.2, -0.15) is 9.57 Å². The third-order valence-electron chi connectivity index (χ3n) is 2.97. The van der Waals surface area contributed by atoms with Gasteiger partial charge < -0.3 is 4.74 Å². The van der Waals surface area contributed by atoms with E-state index >= 15 is 0 Å². The second-order valence-corrected chi connectivity index (χ2v) is 6.37. The van der Waals surface area contributed by atoms with Gasteiger partial charge in [-0.3, -0.25) is 0 Å². The molecule has 0 fully saturated rings. The van der Waals surface area contributed by atoms with Crippen LogP contribution in [0, 0.1) is 25.2 Å². The van der Waals surface area contributed by atoms with Crippen LogP contribution in [0.15, 0.2) is 17.0 Å². The molecule has 0 aliphatic rings. The summed E-state index contributed by atoms with van der Waals surface area (Å²) in [6.45, 7) is 5.12. The zero-order valence-electron chi connectivity index (χ0n) is 11.8. The van der Waals surface area contributed by atoms with Crippen LogP contribution in [0.1, 0.15) is 18.1 Å². The molecule has 19 heavy (non-hydrogen) atoms. The highest BCUT2D eigenvalue weighted by atomic mass is 32.2. The van der Waals surface area contributed by atoms with Crippen LogP contribution in [0.4, 0.5) is 0 Å². The van der Waals surface area contributed by atoms with Gasteiger partial charge in [0.05, 0.1) is 13.2 Å². The van der Waals surface area contributed by atoms with Crippen molar-refractivity contribution < 1.29 is 13.2 Å². The van der Waals surface area contributed by atoms with E-state index in [4.69, 9.17) is 10.00 Å². The SMILES string of the molecule is COc1cc(C)cc(C)c1S(=O)(=O)N(C)[C@H](C)C#N. The summed E-state index contributed by atoms with van der Waals surface area (Å²) >= 11 is 0. The van der Waals surface area contributed by atoms with Crippen LogP contribution in [-0.4, -0.2) is 32.9 Å². The summed E-state index contributed by atoms with van der Waals surface area (Å²) in [6.07, 6.45) is 0. The van der Waals surface area contributed by atoms with Crippen molar-refractivity contribution in [1.29, 1.82) is 5.26 Å². The molecule has 0 radical (unpaired) electrons. The molecule has 0 aliphatic carbocycles. The molecule has 1 aromatic rings. The molecule has 0 saturated carbocycles. The first-order chi connectivity index (χ1) is 8.75. The molecule has 0 amide bonds. The Morgan fingerprint density at radius 1 is 1.37 bits per heavy atom. The van der Waals surface area contributed by atoms with Gasteiger partial charge in [-0.15, -0.1) is 0 Å². The Kier molecular flexibility index (Phi) is 4.56. The second kappa shape index (κ2) is 5.59. The van der Waals surface area contributed by atoms with Gasteiger partial charge in [-0.05, 0) is 38.0 Å². The highest BCUT2D eigenvalue weighted by molar-refractivity contribution is 7.89. The fourth-order valence-electron chi connectivity index (χ4n) is 1.83. The molecule has 0 unspecified atom stereocenters. The molecule has 0 N–H and O–H groups in total. The lowest BCUT2D eigenvalue weighted by Gasteiger charge is -2.22. The third kappa shape index (κ3) is 2.88. The van der Waals surface area contributed by atoms with Crippen molar-refractivity contribution >= 4 is 10.0 Å². The first-order valence-corrected chi connectivity index (χ1v) is 7.22. The summed E-state index contributed by atoms with van der Waals surface area (Å²) in [7, 11) is -0.932. The van der Waals surface area contributed by atoms with E-state index in [9.17, 15) is 8.42 Å². The van der Waals surface area contributed by atoms with Crippen LogP contribution < -0.4 is 4.74 Å². The summed E-state index contributed by atoms with van der Waals surface area (Å²) in [6, 6.07) is 4.62. The number of nitrogens with zero attached hydrogens (tertiary/aromatic N) is 2. The van der Waals surface area contributed by atoms with Gasteiger partial charge in [-0.1, -0.05) is 6.07 Å². The quantitative estimate of drug-likeness (QED) is 0.845. The summed E-state index contributed by atoms with van der Waals surface area (Å²) in [5, 5.41) is 8.87. The van der Waals surface area contributed by atoms with Crippen LogP contribution in [0.3, 0.4) is 0 Å². The Labute approximate surface area is 114 Å². The summed E-state index contributed by atoms with van der Waals surface area (Å²) in [5.74, 6) is 0.300. The molecule has 0 spiro atoms. The number of sulfonamides is 1. The first-order valence-electron chi connectivity index (χ1n) is 5.78. The minimum absolute atomic E-state index is 0.116. The maximum atomic E-state index is 12.5. The largest absolute Gasteiger partial charge is 0.495 e. The third-order valence-corrected chi connectivity index (χ3v) is 5.09. The van der Waals surface area contributed by atoms with Crippen LogP contribution in [0.5, 0.6) is 5.75 Å². The minimum Gasteiger partial charge on any atom is -0.495 e. The van der Waals surface area contributed by atoms with E-state index in [-0.39, 0.29) is 4.90 Å². The molecule has 1 aromatic carbocycles. The molecule has 6 heteroatoms. The van der Waals surface area contributed by atoms with Crippen LogP contribution >= 0.6 is 0 Å². The maximum Gasteiger partial charge on any atom is 0.247 e. The average molecular weight is 282 g/mol. The normalized spacial score (nSPS) is 13.1. The van der Waals surface area contributed by atoms with Crippen LogP contribution in [0.25, 0.3) is 0 Å². The van der Waals surface area contributed by atoms with Gasteiger partial charge in [0, 0.05) is 7.05 Å². The Bertz CT molecular complexity index is 618. The molecule has 1 atom stereocenters. The molecule has 104 valence electrons. The zero-order chi connectivity index (χ0) is 14.8. The van der Waals surface area contributed by atoms with E-state index in [1.165, 1.54) is 21.1 Å². The summed E-state index contributed by atoms with van der Waals surface area (Å²) in [4.78, 5) is 0.116. The number of hydrogen-bond donors (Lipinski definition) is 0. The van der Waals surface area contributed by atoms with E-state index < -0.39 is 16.1 Å². The molecule has 5 nitrogen and oxygen atoms in total. The zero-order valence-corrected chi connectivity index (χ0v) is 12.6. The minimum atomic E-state index is -3.75. The first kappa shape index (κ1) is 15.5. The van der Waals surface area contributed by atoms with Crippen molar-refractivity contribution in [3.63, 3.8) is 0 Å². The van der Waals surface area contributed by atoms with Crippen molar-refractivity contribution in [3.8, 4) is 11.8 Å². The van der Waals surface area contributed by atoms with Crippen LogP contribution in [-0.2, 0) is 10.0 Å². The lowest BCUT2D eigenvalue weighted by molar-refractivity contribution is 0.394. The van der Waals surface area contributed by atoms with E-state index in [0.29, 0.717) is 11.3 Å². The highest BCUT2D eigenvalue weighted by Gasteiger charge is 2.30. The fraction of sp³-hybridized carbons (Fsp3) is 0.462. The molecule has 0 bridgehead atoms. The van der Waals surface area contributed by atoms with Gasteiger partial charge >= 0.3 is 0 Å². The number of aryl methyl sites for hydroxylation is 2. The van der Waals surface area contributed by atoms with Gasteiger partial charge in [-0.25, -0.2) is 8.42 Å².